The zero-order valence-corrected chi connectivity index (χ0v) is 15.9. The Labute approximate surface area is 159 Å². The van der Waals surface area contributed by atoms with Gasteiger partial charge < -0.3 is 20.1 Å². The van der Waals surface area contributed by atoms with Crippen LogP contribution in [0.3, 0.4) is 0 Å². The van der Waals surface area contributed by atoms with E-state index >= 15 is 0 Å². The fourth-order valence-corrected chi connectivity index (χ4v) is 2.65. The van der Waals surface area contributed by atoms with Gasteiger partial charge in [0.2, 0.25) is 0 Å². The lowest BCUT2D eigenvalue weighted by Gasteiger charge is -2.26. The number of nitrogens with one attached hydrogen (secondary N) is 2. The van der Waals surface area contributed by atoms with Gasteiger partial charge in [-0.25, -0.2) is 4.99 Å². The van der Waals surface area contributed by atoms with Crippen molar-refractivity contribution >= 4 is 11.6 Å². The van der Waals surface area contributed by atoms with Crippen LogP contribution in [0.4, 0.5) is 5.69 Å². The summed E-state index contributed by atoms with van der Waals surface area (Å²) in [5, 5.41) is 17.4. The van der Waals surface area contributed by atoms with Crippen LogP contribution in [0.2, 0.25) is 0 Å². The summed E-state index contributed by atoms with van der Waals surface area (Å²) in [6.07, 6.45) is 0.887. The van der Waals surface area contributed by atoms with Crippen molar-refractivity contribution in [3.63, 3.8) is 0 Å². The van der Waals surface area contributed by atoms with E-state index in [0.717, 1.165) is 63.9 Å². The Morgan fingerprint density at radius 2 is 1.96 bits per heavy atom. The van der Waals surface area contributed by atoms with E-state index in [1.54, 1.807) is 19.2 Å². The summed E-state index contributed by atoms with van der Waals surface area (Å²) < 4.78 is 10.4. The van der Waals surface area contributed by atoms with Crippen molar-refractivity contribution < 1.29 is 14.4 Å². The molecule has 9 heteroatoms. The molecule has 1 fully saturated rings. The van der Waals surface area contributed by atoms with Crippen molar-refractivity contribution in [1.82, 2.24) is 15.5 Å². The molecule has 1 aliphatic heterocycles. The first-order chi connectivity index (χ1) is 13.2. The monoisotopic (exact) mass is 379 g/mol. The van der Waals surface area contributed by atoms with Gasteiger partial charge in [-0.2, -0.15) is 0 Å². The minimum Gasteiger partial charge on any atom is -0.385 e. The van der Waals surface area contributed by atoms with Crippen molar-refractivity contribution in [3.05, 3.63) is 39.9 Å². The Hall–Kier alpha value is -2.23. The number of nitro groups is 1. The Balaban J connectivity index is 1.84. The SMILES string of the molecule is COCCCNC(=NCc1ccc([N+](=O)[O-])cc1)NCCN1CCOCC1. The molecule has 1 aliphatic rings. The number of nitrogens with zero attached hydrogens (tertiary/aromatic N) is 3. The van der Waals surface area contributed by atoms with E-state index in [-0.39, 0.29) is 5.69 Å². The third-order valence-corrected chi connectivity index (χ3v) is 4.21. The van der Waals surface area contributed by atoms with Crippen molar-refractivity contribution in [2.45, 2.75) is 13.0 Å². The number of hydrogen-bond acceptors (Lipinski definition) is 6. The fraction of sp³-hybridized carbons (Fsp3) is 0.611. The van der Waals surface area contributed by atoms with Gasteiger partial charge >= 0.3 is 0 Å². The molecule has 0 radical (unpaired) electrons. The molecule has 1 heterocycles. The number of benzene rings is 1. The molecule has 27 heavy (non-hydrogen) atoms. The summed E-state index contributed by atoms with van der Waals surface area (Å²) in [7, 11) is 1.68. The minimum atomic E-state index is -0.400. The van der Waals surface area contributed by atoms with Crippen LogP contribution in [-0.2, 0) is 16.0 Å². The summed E-state index contributed by atoms with van der Waals surface area (Å²) in [5.41, 5.74) is 1.01. The maximum Gasteiger partial charge on any atom is 0.269 e. The summed E-state index contributed by atoms with van der Waals surface area (Å²) in [5.74, 6) is 0.734. The number of rotatable bonds is 10. The molecule has 0 spiro atoms. The average Bonchev–Trinajstić information content (AvgIpc) is 2.70. The van der Waals surface area contributed by atoms with Crippen molar-refractivity contribution in [3.8, 4) is 0 Å². The lowest BCUT2D eigenvalue weighted by molar-refractivity contribution is -0.384. The molecule has 2 N–H and O–H groups in total. The van der Waals surface area contributed by atoms with E-state index in [9.17, 15) is 10.1 Å². The van der Waals surface area contributed by atoms with E-state index < -0.39 is 4.92 Å². The van der Waals surface area contributed by atoms with Gasteiger partial charge in [-0.05, 0) is 12.0 Å². The highest BCUT2D eigenvalue weighted by Crippen LogP contribution is 2.12. The molecule has 0 aliphatic carbocycles. The van der Waals surface area contributed by atoms with Crippen LogP contribution in [0.15, 0.2) is 29.3 Å². The molecule has 0 bridgehead atoms. The minimum absolute atomic E-state index is 0.0873. The Morgan fingerprint density at radius 3 is 2.63 bits per heavy atom. The Bertz CT molecular complexity index is 588. The molecule has 1 aromatic carbocycles. The standard InChI is InChI=1S/C18H29N5O4/c1-26-12-2-7-19-18(20-8-9-22-10-13-27-14-11-22)21-15-16-3-5-17(6-4-16)23(24)25/h3-6H,2,7-15H2,1H3,(H2,19,20,21). The second-order valence-electron chi connectivity index (χ2n) is 6.24. The predicted molar refractivity (Wildman–Crippen MR) is 104 cm³/mol. The summed E-state index contributed by atoms with van der Waals surface area (Å²) >= 11 is 0. The quantitative estimate of drug-likeness (QED) is 0.206. The first-order valence-electron chi connectivity index (χ1n) is 9.23. The van der Waals surface area contributed by atoms with Crippen LogP contribution in [0.1, 0.15) is 12.0 Å². The van der Waals surface area contributed by atoms with Crippen LogP contribution < -0.4 is 10.6 Å². The number of ether oxygens (including phenoxy) is 2. The molecule has 2 rings (SSSR count). The summed E-state index contributed by atoms with van der Waals surface area (Å²) in [6.45, 7) is 7.11. The first kappa shape index (κ1) is 21.1. The largest absolute Gasteiger partial charge is 0.385 e. The zero-order valence-electron chi connectivity index (χ0n) is 15.9. The molecule has 0 saturated carbocycles. The molecule has 0 amide bonds. The Morgan fingerprint density at radius 1 is 1.26 bits per heavy atom. The summed E-state index contributed by atoms with van der Waals surface area (Å²) in [4.78, 5) is 17.3. The van der Waals surface area contributed by atoms with Crippen molar-refractivity contribution in [2.24, 2.45) is 4.99 Å². The van der Waals surface area contributed by atoms with Crippen LogP contribution in [-0.4, -0.2) is 75.4 Å². The van der Waals surface area contributed by atoms with E-state index in [1.807, 2.05) is 0 Å². The number of nitro benzene ring substituents is 1. The predicted octanol–water partition coefficient (Wildman–Crippen LogP) is 0.999. The number of guanidine groups is 1. The van der Waals surface area contributed by atoms with Crippen LogP contribution in [0, 0.1) is 10.1 Å². The van der Waals surface area contributed by atoms with Gasteiger partial charge in [0.05, 0.1) is 24.7 Å². The maximum absolute atomic E-state index is 10.7. The van der Waals surface area contributed by atoms with Crippen LogP contribution in [0.25, 0.3) is 0 Å². The molecular weight excluding hydrogens is 350 g/mol. The van der Waals surface area contributed by atoms with Crippen LogP contribution >= 0.6 is 0 Å². The number of aliphatic imine (C=N–C) groups is 1. The molecule has 0 aromatic heterocycles. The average molecular weight is 379 g/mol. The topological polar surface area (TPSA) is 101 Å². The van der Waals surface area contributed by atoms with Crippen LogP contribution in [0.5, 0.6) is 0 Å². The van der Waals surface area contributed by atoms with E-state index in [2.05, 4.69) is 20.5 Å². The molecule has 0 unspecified atom stereocenters. The van der Waals surface area contributed by atoms with Gasteiger partial charge in [0.25, 0.3) is 5.69 Å². The van der Waals surface area contributed by atoms with Crippen molar-refractivity contribution in [2.75, 3.05) is 59.7 Å². The van der Waals surface area contributed by atoms with Gasteiger partial charge in [-0.3, -0.25) is 15.0 Å². The number of methoxy groups -OCH3 is 1. The maximum atomic E-state index is 10.7. The fourth-order valence-electron chi connectivity index (χ4n) is 2.65. The van der Waals surface area contributed by atoms with Gasteiger partial charge in [0, 0.05) is 58.6 Å². The molecule has 9 nitrogen and oxygen atoms in total. The highest BCUT2D eigenvalue weighted by Gasteiger charge is 2.10. The molecular formula is C18H29N5O4. The number of non-ortho nitro benzene ring substituents is 1. The normalized spacial score (nSPS) is 15.5. The molecule has 1 aromatic rings. The van der Waals surface area contributed by atoms with Crippen molar-refractivity contribution in [1.29, 1.82) is 0 Å². The highest BCUT2D eigenvalue weighted by atomic mass is 16.6. The van der Waals surface area contributed by atoms with Gasteiger partial charge in [-0.15, -0.1) is 0 Å². The number of morpholine rings is 1. The third kappa shape index (κ3) is 8.33. The lowest BCUT2D eigenvalue weighted by atomic mass is 10.2. The summed E-state index contributed by atoms with van der Waals surface area (Å²) in [6, 6.07) is 6.47. The molecule has 1 saturated heterocycles. The van der Waals surface area contributed by atoms with Gasteiger partial charge in [0.15, 0.2) is 5.96 Å². The number of hydrogen-bond donors (Lipinski definition) is 2. The zero-order chi connectivity index (χ0) is 19.3. The van der Waals surface area contributed by atoms with E-state index in [4.69, 9.17) is 9.47 Å². The van der Waals surface area contributed by atoms with Gasteiger partial charge in [-0.1, -0.05) is 12.1 Å². The molecule has 0 atom stereocenters. The second kappa shape index (κ2) is 12.2. The second-order valence-corrected chi connectivity index (χ2v) is 6.24. The smallest absolute Gasteiger partial charge is 0.269 e. The Kier molecular flexibility index (Phi) is 9.53. The molecule has 150 valence electrons. The van der Waals surface area contributed by atoms with E-state index in [0.29, 0.717) is 13.2 Å². The van der Waals surface area contributed by atoms with Gasteiger partial charge in [0.1, 0.15) is 0 Å². The highest BCUT2D eigenvalue weighted by molar-refractivity contribution is 5.79. The van der Waals surface area contributed by atoms with E-state index in [1.165, 1.54) is 12.1 Å². The third-order valence-electron chi connectivity index (χ3n) is 4.21. The lowest BCUT2D eigenvalue weighted by Crippen LogP contribution is -2.44. The first-order valence-corrected chi connectivity index (χ1v) is 9.23.